The van der Waals surface area contributed by atoms with E-state index in [1.165, 1.54) is 32.3 Å². The second-order valence-corrected chi connectivity index (χ2v) is 7.15. The van der Waals surface area contributed by atoms with Crippen LogP contribution < -0.4 is 5.32 Å². The van der Waals surface area contributed by atoms with Gasteiger partial charge in [0.15, 0.2) is 0 Å². The first-order chi connectivity index (χ1) is 11.3. The van der Waals surface area contributed by atoms with Crippen LogP contribution in [0.15, 0.2) is 48.5 Å². The Morgan fingerprint density at radius 2 is 2.00 bits per heavy atom. The number of halogens is 1. The molecule has 2 N–H and O–H groups in total. The van der Waals surface area contributed by atoms with Gasteiger partial charge in [0.25, 0.3) is 0 Å². The summed E-state index contributed by atoms with van der Waals surface area (Å²) in [4.78, 5) is 4.82. The second kappa shape index (κ2) is 4.91. The van der Waals surface area contributed by atoms with Crippen molar-refractivity contribution in [3.8, 4) is 0 Å². The maximum absolute atomic E-state index is 13.6. The van der Waals surface area contributed by atoms with Crippen molar-refractivity contribution in [1.82, 2.24) is 10.3 Å². The summed E-state index contributed by atoms with van der Waals surface area (Å²) in [6, 6.07) is 15.9. The molecule has 5 rings (SSSR count). The Bertz CT molecular complexity index is 997. The molecule has 0 saturated heterocycles. The Kier molecular flexibility index (Phi) is 2.84. The number of hydrogen-bond acceptors (Lipinski definition) is 2. The Morgan fingerprint density at radius 3 is 2.91 bits per heavy atom. The van der Waals surface area contributed by atoms with Crippen LogP contribution in [-0.4, -0.2) is 11.5 Å². The molecule has 0 aliphatic carbocycles. The molecule has 114 valence electrons. The normalized spacial score (nSPS) is 17.7. The van der Waals surface area contributed by atoms with Gasteiger partial charge >= 0.3 is 0 Å². The molecular formula is C19H15FN2S. The van der Waals surface area contributed by atoms with Gasteiger partial charge in [0.2, 0.25) is 0 Å². The molecule has 0 bridgehead atoms. The molecule has 2 aromatic heterocycles. The van der Waals surface area contributed by atoms with E-state index in [1.807, 2.05) is 17.4 Å². The van der Waals surface area contributed by atoms with E-state index >= 15 is 0 Å². The Morgan fingerprint density at radius 1 is 1.09 bits per heavy atom. The first-order valence-electron chi connectivity index (χ1n) is 7.81. The molecule has 4 heteroatoms. The lowest BCUT2D eigenvalue weighted by molar-refractivity contribution is 0.567. The molecule has 2 nitrogen and oxygen atoms in total. The molecule has 1 aliphatic rings. The maximum atomic E-state index is 13.6. The highest BCUT2D eigenvalue weighted by Gasteiger charge is 2.26. The van der Waals surface area contributed by atoms with Gasteiger partial charge in [-0.15, -0.1) is 11.3 Å². The molecule has 0 spiro atoms. The molecule has 0 fully saturated rings. The Balaban J connectivity index is 1.70. The highest BCUT2D eigenvalue weighted by Crippen LogP contribution is 2.38. The van der Waals surface area contributed by atoms with E-state index in [4.69, 9.17) is 0 Å². The van der Waals surface area contributed by atoms with Crippen LogP contribution in [0.2, 0.25) is 0 Å². The number of rotatable bonds is 1. The van der Waals surface area contributed by atoms with Gasteiger partial charge in [-0.25, -0.2) is 4.39 Å². The van der Waals surface area contributed by atoms with E-state index < -0.39 is 0 Å². The van der Waals surface area contributed by atoms with Crippen LogP contribution in [-0.2, 0) is 6.42 Å². The zero-order valence-corrected chi connectivity index (χ0v) is 13.2. The first-order valence-corrected chi connectivity index (χ1v) is 8.63. The summed E-state index contributed by atoms with van der Waals surface area (Å²) in [5.74, 6) is -0.170. The predicted molar refractivity (Wildman–Crippen MR) is 93.6 cm³/mol. The van der Waals surface area contributed by atoms with Gasteiger partial charge in [-0.05, 0) is 47.7 Å². The van der Waals surface area contributed by atoms with Crippen LogP contribution >= 0.6 is 11.3 Å². The zero-order valence-electron chi connectivity index (χ0n) is 12.4. The SMILES string of the molecule is Fc1ccc2[nH]c3c(c2c1)CCNC3c1cc2ccccc2s1. The van der Waals surface area contributed by atoms with Gasteiger partial charge in [0, 0.05) is 32.7 Å². The van der Waals surface area contributed by atoms with Crippen molar-refractivity contribution in [3.05, 3.63) is 70.5 Å². The van der Waals surface area contributed by atoms with Gasteiger partial charge < -0.3 is 10.3 Å². The van der Waals surface area contributed by atoms with Crippen molar-refractivity contribution < 1.29 is 4.39 Å². The van der Waals surface area contributed by atoms with Crippen molar-refractivity contribution in [2.75, 3.05) is 6.54 Å². The molecule has 0 radical (unpaired) electrons. The summed E-state index contributed by atoms with van der Waals surface area (Å²) in [6.07, 6.45) is 0.931. The third-order valence-electron chi connectivity index (χ3n) is 4.64. The van der Waals surface area contributed by atoms with Crippen molar-refractivity contribution >= 4 is 32.3 Å². The number of H-pyrrole nitrogens is 1. The van der Waals surface area contributed by atoms with E-state index in [0.29, 0.717) is 0 Å². The number of thiophene rings is 1. The van der Waals surface area contributed by atoms with Crippen LogP contribution in [0, 0.1) is 5.82 Å². The third kappa shape index (κ3) is 2.02. The van der Waals surface area contributed by atoms with Crippen LogP contribution in [0.4, 0.5) is 4.39 Å². The number of benzene rings is 2. The fraction of sp³-hybridized carbons (Fsp3) is 0.158. The fourth-order valence-electron chi connectivity index (χ4n) is 3.59. The van der Waals surface area contributed by atoms with Gasteiger partial charge in [-0.1, -0.05) is 18.2 Å². The number of hydrogen-bond donors (Lipinski definition) is 2. The lowest BCUT2D eigenvalue weighted by atomic mass is 9.98. The number of nitrogens with one attached hydrogen (secondary N) is 2. The minimum atomic E-state index is -0.170. The predicted octanol–water partition coefficient (Wildman–Crippen LogP) is 4.76. The molecule has 1 unspecified atom stereocenters. The number of fused-ring (bicyclic) bond motifs is 4. The average molecular weight is 322 g/mol. The zero-order chi connectivity index (χ0) is 15.4. The summed E-state index contributed by atoms with van der Waals surface area (Å²) in [5.41, 5.74) is 3.45. The van der Waals surface area contributed by atoms with E-state index in [1.54, 1.807) is 6.07 Å². The van der Waals surface area contributed by atoms with Gasteiger partial charge in [0.05, 0.1) is 6.04 Å². The van der Waals surface area contributed by atoms with Crippen molar-refractivity contribution in [2.24, 2.45) is 0 Å². The lowest BCUT2D eigenvalue weighted by Gasteiger charge is -2.23. The van der Waals surface area contributed by atoms with Gasteiger partial charge in [-0.3, -0.25) is 0 Å². The van der Waals surface area contributed by atoms with Crippen LogP contribution in [0.25, 0.3) is 21.0 Å². The minimum absolute atomic E-state index is 0.159. The topological polar surface area (TPSA) is 27.8 Å². The summed E-state index contributed by atoms with van der Waals surface area (Å²) in [6.45, 7) is 0.912. The van der Waals surface area contributed by atoms with Gasteiger partial charge in [0.1, 0.15) is 5.82 Å². The molecule has 2 aromatic carbocycles. The van der Waals surface area contributed by atoms with Gasteiger partial charge in [-0.2, -0.15) is 0 Å². The summed E-state index contributed by atoms with van der Waals surface area (Å²) in [5, 5.41) is 5.92. The molecule has 23 heavy (non-hydrogen) atoms. The van der Waals surface area contributed by atoms with Crippen molar-refractivity contribution in [2.45, 2.75) is 12.5 Å². The van der Waals surface area contributed by atoms with Crippen LogP contribution in [0.1, 0.15) is 22.2 Å². The Hall–Kier alpha value is -2.17. The second-order valence-electron chi connectivity index (χ2n) is 6.03. The largest absolute Gasteiger partial charge is 0.357 e. The minimum Gasteiger partial charge on any atom is -0.357 e. The molecule has 4 aromatic rings. The smallest absolute Gasteiger partial charge is 0.123 e. The van der Waals surface area contributed by atoms with E-state index in [0.717, 1.165) is 23.9 Å². The summed E-state index contributed by atoms with van der Waals surface area (Å²) < 4.78 is 14.9. The molecule has 1 atom stereocenters. The molecule has 3 heterocycles. The Labute approximate surface area is 137 Å². The lowest BCUT2D eigenvalue weighted by Crippen LogP contribution is -2.29. The fourth-order valence-corrected chi connectivity index (χ4v) is 4.74. The van der Waals surface area contributed by atoms with E-state index in [9.17, 15) is 4.39 Å². The first kappa shape index (κ1) is 13.3. The monoisotopic (exact) mass is 322 g/mol. The van der Waals surface area contributed by atoms with Crippen LogP contribution in [0.5, 0.6) is 0 Å². The van der Waals surface area contributed by atoms with Crippen molar-refractivity contribution in [3.63, 3.8) is 0 Å². The van der Waals surface area contributed by atoms with Crippen molar-refractivity contribution in [1.29, 1.82) is 0 Å². The molecule has 0 amide bonds. The molecule has 0 saturated carbocycles. The maximum Gasteiger partial charge on any atom is 0.123 e. The summed E-state index contributed by atoms with van der Waals surface area (Å²) >= 11 is 1.82. The standard InChI is InChI=1S/C19H15FN2S/c20-12-5-6-15-14(10-12)13-7-8-21-19(18(13)22-15)17-9-11-3-1-2-4-16(11)23-17/h1-6,9-10,19,21-22H,7-8H2. The number of aromatic amines is 1. The number of aromatic nitrogens is 1. The average Bonchev–Trinajstić information content (AvgIpc) is 3.15. The van der Waals surface area contributed by atoms with E-state index in [-0.39, 0.29) is 11.9 Å². The highest BCUT2D eigenvalue weighted by atomic mass is 32.1. The van der Waals surface area contributed by atoms with Crippen LogP contribution in [0.3, 0.4) is 0 Å². The summed E-state index contributed by atoms with van der Waals surface area (Å²) in [7, 11) is 0. The highest BCUT2D eigenvalue weighted by molar-refractivity contribution is 7.19. The quantitative estimate of drug-likeness (QED) is 0.520. The molecular weight excluding hydrogens is 307 g/mol. The van der Waals surface area contributed by atoms with E-state index in [2.05, 4.69) is 40.6 Å². The third-order valence-corrected chi connectivity index (χ3v) is 5.82. The molecule has 1 aliphatic heterocycles.